The van der Waals surface area contributed by atoms with Gasteiger partial charge in [-0.3, -0.25) is 4.79 Å². The Balaban J connectivity index is 0.00000200. The highest BCUT2D eigenvalue weighted by Gasteiger charge is 2.47. The van der Waals surface area contributed by atoms with Crippen LogP contribution in [0.4, 0.5) is 0 Å². The first-order chi connectivity index (χ1) is 9.09. The average Bonchev–Trinajstić information content (AvgIpc) is 3.17. The van der Waals surface area contributed by atoms with Gasteiger partial charge in [-0.1, -0.05) is 29.8 Å². The molecule has 0 saturated heterocycles. The predicted octanol–water partition coefficient (Wildman–Crippen LogP) is 2.95. The summed E-state index contributed by atoms with van der Waals surface area (Å²) >= 11 is 7.91. The van der Waals surface area contributed by atoms with Gasteiger partial charge in [0.1, 0.15) is 0 Å². The number of nitrogens with two attached hydrogens (primary N) is 1. The highest BCUT2D eigenvalue weighted by Crippen LogP contribution is 2.47. The van der Waals surface area contributed by atoms with Gasteiger partial charge < -0.3 is 11.1 Å². The van der Waals surface area contributed by atoms with Gasteiger partial charge in [-0.15, -0.1) is 12.4 Å². The van der Waals surface area contributed by atoms with E-state index in [-0.39, 0.29) is 23.9 Å². The fourth-order valence-electron chi connectivity index (χ4n) is 2.14. The molecule has 6 heteroatoms. The molecule has 3 nitrogen and oxygen atoms in total. The third-order valence-corrected chi connectivity index (χ3v) is 4.45. The maximum Gasteiger partial charge on any atom is 0.237 e. The molecule has 0 unspecified atom stereocenters. The van der Waals surface area contributed by atoms with E-state index in [1.807, 2.05) is 30.5 Å². The first-order valence-electron chi connectivity index (χ1n) is 6.40. The molecule has 1 saturated carbocycles. The van der Waals surface area contributed by atoms with E-state index in [2.05, 4.69) is 5.32 Å². The van der Waals surface area contributed by atoms with E-state index in [1.165, 1.54) is 0 Å². The standard InChI is InChI=1S/C14H19ClN2OS.ClH/c1-19-9-6-12(16)13(18)17-14(7-8-14)10-4-2-3-5-11(10)15;/h2-5,12H,6-9,16H2,1H3,(H,17,18);1H/t12-;/m0./s1. The third-order valence-electron chi connectivity index (χ3n) is 3.47. The van der Waals surface area contributed by atoms with Crippen molar-refractivity contribution in [1.29, 1.82) is 0 Å². The molecule has 1 aromatic carbocycles. The molecule has 112 valence electrons. The molecule has 0 radical (unpaired) electrons. The van der Waals surface area contributed by atoms with E-state index < -0.39 is 6.04 Å². The van der Waals surface area contributed by atoms with E-state index in [0.717, 1.165) is 24.2 Å². The summed E-state index contributed by atoms with van der Waals surface area (Å²) in [6.07, 6.45) is 4.57. The summed E-state index contributed by atoms with van der Waals surface area (Å²) in [5, 5.41) is 3.78. The van der Waals surface area contributed by atoms with Gasteiger partial charge in [0, 0.05) is 5.02 Å². The van der Waals surface area contributed by atoms with Gasteiger partial charge in [0.2, 0.25) is 5.91 Å². The van der Waals surface area contributed by atoms with Crippen LogP contribution in [0.3, 0.4) is 0 Å². The molecule has 3 N–H and O–H groups in total. The van der Waals surface area contributed by atoms with Crippen LogP contribution >= 0.6 is 35.8 Å². The Bertz CT molecular complexity index is 466. The third kappa shape index (κ3) is 4.04. The van der Waals surface area contributed by atoms with Crippen molar-refractivity contribution in [2.24, 2.45) is 5.73 Å². The molecule has 1 aliphatic carbocycles. The molecule has 0 spiro atoms. The second kappa shape index (κ2) is 7.55. The number of carbonyl (C=O) groups is 1. The number of amides is 1. The first-order valence-corrected chi connectivity index (χ1v) is 8.18. The fraction of sp³-hybridized carbons (Fsp3) is 0.500. The number of hydrogen-bond donors (Lipinski definition) is 2. The number of rotatable bonds is 6. The lowest BCUT2D eigenvalue weighted by Gasteiger charge is -2.21. The van der Waals surface area contributed by atoms with Gasteiger partial charge in [-0.05, 0) is 42.9 Å². The van der Waals surface area contributed by atoms with Crippen molar-refractivity contribution in [3.05, 3.63) is 34.9 Å². The molecule has 0 heterocycles. The van der Waals surface area contributed by atoms with Crippen molar-refractivity contribution in [1.82, 2.24) is 5.32 Å². The van der Waals surface area contributed by atoms with Crippen molar-refractivity contribution < 1.29 is 4.79 Å². The van der Waals surface area contributed by atoms with Crippen LogP contribution in [0.2, 0.25) is 5.02 Å². The summed E-state index contributed by atoms with van der Waals surface area (Å²) in [6.45, 7) is 0. The fourth-order valence-corrected chi connectivity index (χ4v) is 2.95. The highest BCUT2D eigenvalue weighted by molar-refractivity contribution is 7.98. The van der Waals surface area contributed by atoms with Crippen LogP contribution in [0.5, 0.6) is 0 Å². The number of benzene rings is 1. The Hall–Kier alpha value is -0.420. The zero-order valence-corrected chi connectivity index (χ0v) is 13.8. The van der Waals surface area contributed by atoms with Crippen molar-refractivity contribution >= 4 is 41.7 Å². The normalized spacial score (nSPS) is 16.9. The Morgan fingerprint density at radius 1 is 1.50 bits per heavy atom. The van der Waals surface area contributed by atoms with E-state index in [9.17, 15) is 4.79 Å². The summed E-state index contributed by atoms with van der Waals surface area (Å²) in [5.41, 5.74) is 6.61. The lowest BCUT2D eigenvalue weighted by atomic mass is 10.0. The first kappa shape index (κ1) is 17.6. The SMILES string of the molecule is CSCC[C@H](N)C(=O)NC1(c2ccccc2Cl)CC1.Cl. The molecular formula is C14H20Cl2N2OS. The minimum Gasteiger partial charge on any atom is -0.345 e. The maximum atomic E-state index is 12.1. The molecule has 1 aliphatic rings. The summed E-state index contributed by atoms with van der Waals surface area (Å²) < 4.78 is 0. The number of hydrogen-bond acceptors (Lipinski definition) is 3. The lowest BCUT2D eigenvalue weighted by Crippen LogP contribution is -2.45. The number of halogens is 2. The quantitative estimate of drug-likeness (QED) is 0.840. The zero-order chi connectivity index (χ0) is 13.9. The van der Waals surface area contributed by atoms with Crippen molar-refractivity contribution in [2.75, 3.05) is 12.0 Å². The van der Waals surface area contributed by atoms with Gasteiger partial charge in [0.05, 0.1) is 11.6 Å². The Morgan fingerprint density at radius 2 is 2.15 bits per heavy atom. The number of nitrogens with one attached hydrogen (secondary N) is 1. The molecule has 1 aromatic rings. The highest BCUT2D eigenvalue weighted by atomic mass is 35.5. The van der Waals surface area contributed by atoms with E-state index in [1.54, 1.807) is 11.8 Å². The molecule has 2 rings (SSSR count). The van der Waals surface area contributed by atoms with Crippen LogP contribution in [0.25, 0.3) is 0 Å². The van der Waals surface area contributed by atoms with Crippen molar-refractivity contribution in [3.63, 3.8) is 0 Å². The van der Waals surface area contributed by atoms with Gasteiger partial charge in [0.15, 0.2) is 0 Å². The Labute approximate surface area is 135 Å². The smallest absolute Gasteiger partial charge is 0.237 e. The van der Waals surface area contributed by atoms with Crippen LogP contribution < -0.4 is 11.1 Å². The minimum absolute atomic E-state index is 0. The van der Waals surface area contributed by atoms with Crippen LogP contribution in [-0.4, -0.2) is 24.0 Å². The average molecular weight is 335 g/mol. The van der Waals surface area contributed by atoms with Crippen LogP contribution in [0.1, 0.15) is 24.8 Å². The van der Waals surface area contributed by atoms with Crippen molar-refractivity contribution in [2.45, 2.75) is 30.8 Å². The van der Waals surface area contributed by atoms with E-state index >= 15 is 0 Å². The Kier molecular flexibility index (Phi) is 6.65. The molecule has 0 aromatic heterocycles. The summed E-state index contributed by atoms with van der Waals surface area (Å²) in [7, 11) is 0. The molecule has 0 bridgehead atoms. The van der Waals surface area contributed by atoms with Crippen LogP contribution in [-0.2, 0) is 10.3 Å². The second-order valence-electron chi connectivity index (χ2n) is 4.94. The largest absolute Gasteiger partial charge is 0.345 e. The molecule has 1 amide bonds. The predicted molar refractivity (Wildman–Crippen MR) is 88.7 cm³/mol. The van der Waals surface area contributed by atoms with Gasteiger partial charge in [-0.2, -0.15) is 11.8 Å². The number of thioether (sulfide) groups is 1. The van der Waals surface area contributed by atoms with Gasteiger partial charge in [0.25, 0.3) is 0 Å². The lowest BCUT2D eigenvalue weighted by molar-refractivity contribution is -0.123. The topological polar surface area (TPSA) is 55.1 Å². The molecular weight excluding hydrogens is 315 g/mol. The van der Waals surface area contributed by atoms with Gasteiger partial charge in [-0.25, -0.2) is 0 Å². The molecule has 1 atom stereocenters. The molecule has 0 aliphatic heterocycles. The summed E-state index contributed by atoms with van der Waals surface area (Å²) in [6, 6.07) is 7.24. The van der Waals surface area contributed by atoms with E-state index in [0.29, 0.717) is 11.4 Å². The number of carbonyl (C=O) groups excluding carboxylic acids is 1. The van der Waals surface area contributed by atoms with Crippen LogP contribution in [0, 0.1) is 0 Å². The summed E-state index contributed by atoms with van der Waals surface area (Å²) in [4.78, 5) is 12.1. The summed E-state index contributed by atoms with van der Waals surface area (Å²) in [5.74, 6) is 0.819. The monoisotopic (exact) mass is 334 g/mol. The Morgan fingerprint density at radius 3 is 2.70 bits per heavy atom. The minimum atomic E-state index is -0.438. The molecule has 1 fully saturated rings. The van der Waals surface area contributed by atoms with Gasteiger partial charge >= 0.3 is 0 Å². The van der Waals surface area contributed by atoms with Crippen LogP contribution in [0.15, 0.2) is 24.3 Å². The second-order valence-corrected chi connectivity index (χ2v) is 6.33. The zero-order valence-electron chi connectivity index (χ0n) is 11.4. The van der Waals surface area contributed by atoms with E-state index in [4.69, 9.17) is 17.3 Å². The maximum absolute atomic E-state index is 12.1. The molecule has 20 heavy (non-hydrogen) atoms. The van der Waals surface area contributed by atoms with Crippen molar-refractivity contribution in [3.8, 4) is 0 Å².